The summed E-state index contributed by atoms with van der Waals surface area (Å²) < 4.78 is 0. The van der Waals surface area contributed by atoms with Gasteiger partial charge in [0.2, 0.25) is 0 Å². The van der Waals surface area contributed by atoms with E-state index in [0.29, 0.717) is 0 Å². The summed E-state index contributed by atoms with van der Waals surface area (Å²) in [6.45, 7) is 4.14. The normalized spacial score (nSPS) is 10.0. The molecule has 0 aliphatic carbocycles. The maximum Gasteiger partial charge on any atom is 0.0484 e. The summed E-state index contributed by atoms with van der Waals surface area (Å²) in [6, 6.07) is 15.8. The number of rotatable bonds is 3. The molecular formula is C15H14ClN. The highest BCUT2D eigenvalue weighted by atomic mass is 35.5. The summed E-state index contributed by atoms with van der Waals surface area (Å²) >= 11 is 6.18. The lowest BCUT2D eigenvalue weighted by Crippen LogP contribution is -1.95. The minimum atomic E-state index is 0.725. The topological polar surface area (TPSA) is 12.0 Å². The molecule has 86 valence electrons. The van der Waals surface area contributed by atoms with Crippen molar-refractivity contribution in [1.29, 1.82) is 0 Å². The van der Waals surface area contributed by atoms with Gasteiger partial charge in [-0.1, -0.05) is 54.6 Å². The van der Waals surface area contributed by atoms with E-state index in [-0.39, 0.29) is 0 Å². The molecule has 2 rings (SSSR count). The molecule has 0 saturated heterocycles. The highest BCUT2D eigenvalue weighted by Crippen LogP contribution is 2.31. The first-order chi connectivity index (χ1) is 8.24. The lowest BCUT2D eigenvalue weighted by molar-refractivity contribution is 1.47. The van der Waals surface area contributed by atoms with Crippen LogP contribution in [0.3, 0.4) is 0 Å². The Kier molecular flexibility index (Phi) is 3.50. The quantitative estimate of drug-likeness (QED) is 0.840. The van der Waals surface area contributed by atoms with Gasteiger partial charge in [0.15, 0.2) is 0 Å². The Labute approximate surface area is 107 Å². The van der Waals surface area contributed by atoms with Crippen molar-refractivity contribution in [2.75, 3.05) is 12.4 Å². The molecule has 0 spiro atoms. The molecule has 0 radical (unpaired) electrons. The molecule has 0 atom stereocenters. The molecule has 2 aromatic rings. The van der Waals surface area contributed by atoms with Crippen LogP contribution in [0.2, 0.25) is 5.02 Å². The van der Waals surface area contributed by atoms with Gasteiger partial charge in [0.1, 0.15) is 0 Å². The van der Waals surface area contributed by atoms with Crippen LogP contribution in [0.5, 0.6) is 0 Å². The van der Waals surface area contributed by atoms with E-state index in [9.17, 15) is 0 Å². The first kappa shape index (κ1) is 11.7. The van der Waals surface area contributed by atoms with E-state index in [1.165, 1.54) is 0 Å². The predicted molar refractivity (Wildman–Crippen MR) is 75.6 cm³/mol. The van der Waals surface area contributed by atoms with E-state index < -0.39 is 0 Å². The number of hydrogen-bond donors (Lipinski definition) is 1. The van der Waals surface area contributed by atoms with Gasteiger partial charge in [-0.3, -0.25) is 0 Å². The van der Waals surface area contributed by atoms with Gasteiger partial charge in [-0.2, -0.15) is 0 Å². The van der Waals surface area contributed by atoms with E-state index in [0.717, 1.165) is 27.4 Å². The largest absolute Gasteiger partial charge is 0.388 e. The Bertz CT molecular complexity index is 546. The molecule has 17 heavy (non-hydrogen) atoms. The van der Waals surface area contributed by atoms with E-state index in [1.54, 1.807) is 0 Å². The maximum atomic E-state index is 6.18. The van der Waals surface area contributed by atoms with Crippen LogP contribution in [0, 0.1) is 0 Å². The molecule has 0 saturated carbocycles. The third-order valence-corrected chi connectivity index (χ3v) is 3.05. The van der Waals surface area contributed by atoms with Gasteiger partial charge in [-0.05, 0) is 17.7 Å². The molecule has 0 amide bonds. The molecule has 0 bridgehead atoms. The number of benzene rings is 2. The SMILES string of the molecule is C=C(c1ccccc1Cl)c1ccccc1NC. The third-order valence-electron chi connectivity index (χ3n) is 2.72. The number of hydrogen-bond acceptors (Lipinski definition) is 1. The predicted octanol–water partition coefficient (Wildman–Crippen LogP) is 4.44. The number of nitrogens with one attached hydrogen (secondary N) is 1. The lowest BCUT2D eigenvalue weighted by Gasteiger charge is -2.12. The van der Waals surface area contributed by atoms with E-state index in [1.807, 2.05) is 55.6 Å². The van der Waals surface area contributed by atoms with Crippen LogP contribution >= 0.6 is 11.6 Å². The van der Waals surface area contributed by atoms with Crippen molar-refractivity contribution in [3.8, 4) is 0 Å². The van der Waals surface area contributed by atoms with Gasteiger partial charge in [0, 0.05) is 28.9 Å². The zero-order chi connectivity index (χ0) is 12.3. The highest BCUT2D eigenvalue weighted by Gasteiger charge is 2.09. The van der Waals surface area contributed by atoms with Gasteiger partial charge >= 0.3 is 0 Å². The Morgan fingerprint density at radius 3 is 2.24 bits per heavy atom. The highest BCUT2D eigenvalue weighted by molar-refractivity contribution is 6.32. The Balaban J connectivity index is 2.48. The molecule has 0 unspecified atom stereocenters. The summed E-state index contributed by atoms with van der Waals surface area (Å²) in [5, 5.41) is 3.89. The van der Waals surface area contributed by atoms with Gasteiger partial charge in [-0.25, -0.2) is 0 Å². The maximum absolute atomic E-state index is 6.18. The van der Waals surface area contributed by atoms with E-state index >= 15 is 0 Å². The second-order valence-electron chi connectivity index (χ2n) is 3.75. The van der Waals surface area contributed by atoms with Crippen molar-refractivity contribution >= 4 is 22.9 Å². The van der Waals surface area contributed by atoms with Crippen LogP contribution in [0.1, 0.15) is 11.1 Å². The fourth-order valence-corrected chi connectivity index (χ4v) is 2.07. The smallest absolute Gasteiger partial charge is 0.0484 e. The van der Waals surface area contributed by atoms with Crippen molar-refractivity contribution in [1.82, 2.24) is 0 Å². The minimum absolute atomic E-state index is 0.725. The molecule has 2 aromatic carbocycles. The van der Waals surface area contributed by atoms with E-state index in [4.69, 9.17) is 11.6 Å². The van der Waals surface area contributed by atoms with Gasteiger partial charge in [0.25, 0.3) is 0 Å². The fraction of sp³-hybridized carbons (Fsp3) is 0.0667. The Morgan fingerprint density at radius 1 is 1.00 bits per heavy atom. The molecule has 1 nitrogen and oxygen atoms in total. The number of para-hydroxylation sites is 1. The van der Waals surface area contributed by atoms with Crippen LogP contribution in [0.15, 0.2) is 55.1 Å². The molecule has 2 heteroatoms. The van der Waals surface area contributed by atoms with Crippen LogP contribution < -0.4 is 5.32 Å². The zero-order valence-corrected chi connectivity index (χ0v) is 10.5. The molecular weight excluding hydrogens is 230 g/mol. The number of anilines is 1. The van der Waals surface area contributed by atoms with Crippen molar-refractivity contribution in [2.24, 2.45) is 0 Å². The summed E-state index contributed by atoms with van der Waals surface area (Å²) in [6.07, 6.45) is 0. The van der Waals surface area contributed by atoms with Gasteiger partial charge < -0.3 is 5.32 Å². The minimum Gasteiger partial charge on any atom is -0.388 e. The summed E-state index contributed by atoms with van der Waals surface area (Å²) in [5.74, 6) is 0. The summed E-state index contributed by atoms with van der Waals surface area (Å²) in [4.78, 5) is 0. The standard InChI is InChI=1S/C15H14ClN/c1-11(12-7-3-5-9-14(12)16)13-8-4-6-10-15(13)17-2/h3-10,17H,1H2,2H3. The molecule has 1 N–H and O–H groups in total. The Hall–Kier alpha value is -1.73. The zero-order valence-electron chi connectivity index (χ0n) is 9.70. The van der Waals surface area contributed by atoms with Crippen molar-refractivity contribution in [3.63, 3.8) is 0 Å². The second-order valence-corrected chi connectivity index (χ2v) is 4.16. The average molecular weight is 244 g/mol. The lowest BCUT2D eigenvalue weighted by atomic mass is 9.98. The molecule has 0 aliphatic heterocycles. The first-order valence-corrected chi connectivity index (χ1v) is 5.83. The van der Waals surface area contributed by atoms with Gasteiger partial charge in [-0.15, -0.1) is 0 Å². The molecule has 0 fully saturated rings. The van der Waals surface area contributed by atoms with Crippen LogP contribution in [-0.4, -0.2) is 7.05 Å². The second kappa shape index (κ2) is 5.07. The van der Waals surface area contributed by atoms with E-state index in [2.05, 4.69) is 11.9 Å². The van der Waals surface area contributed by atoms with Crippen molar-refractivity contribution in [3.05, 3.63) is 71.3 Å². The third kappa shape index (κ3) is 2.34. The molecule has 0 heterocycles. The van der Waals surface area contributed by atoms with Crippen LogP contribution in [0.4, 0.5) is 5.69 Å². The van der Waals surface area contributed by atoms with Crippen LogP contribution in [0.25, 0.3) is 5.57 Å². The molecule has 0 aliphatic rings. The Morgan fingerprint density at radius 2 is 1.59 bits per heavy atom. The average Bonchev–Trinajstić information content (AvgIpc) is 2.38. The van der Waals surface area contributed by atoms with Crippen LogP contribution in [-0.2, 0) is 0 Å². The van der Waals surface area contributed by atoms with Gasteiger partial charge in [0.05, 0.1) is 0 Å². The summed E-state index contributed by atoms with van der Waals surface area (Å²) in [7, 11) is 1.90. The van der Waals surface area contributed by atoms with Crippen molar-refractivity contribution < 1.29 is 0 Å². The fourth-order valence-electron chi connectivity index (χ4n) is 1.82. The summed E-state index contributed by atoms with van der Waals surface area (Å²) in [5.41, 5.74) is 4.03. The van der Waals surface area contributed by atoms with Crippen molar-refractivity contribution in [2.45, 2.75) is 0 Å². The monoisotopic (exact) mass is 243 g/mol. The number of halogens is 1. The molecule has 0 aromatic heterocycles. The first-order valence-electron chi connectivity index (χ1n) is 5.45.